The van der Waals surface area contributed by atoms with E-state index >= 15 is 0 Å². The van der Waals surface area contributed by atoms with E-state index < -0.39 is 0 Å². The van der Waals surface area contributed by atoms with E-state index in [0.29, 0.717) is 10.0 Å². The van der Waals surface area contributed by atoms with Crippen LogP contribution < -0.4 is 5.32 Å². The summed E-state index contributed by atoms with van der Waals surface area (Å²) >= 11 is 12.9. The van der Waals surface area contributed by atoms with Crippen LogP contribution in [0.15, 0.2) is 66.9 Å². The second-order valence-electron chi connectivity index (χ2n) is 7.93. The van der Waals surface area contributed by atoms with Crippen LogP contribution in [0.2, 0.25) is 10.0 Å². The van der Waals surface area contributed by atoms with Crippen LogP contribution in [0.4, 0.5) is 0 Å². The van der Waals surface area contributed by atoms with E-state index in [1.807, 2.05) is 12.3 Å². The maximum absolute atomic E-state index is 6.52. The fraction of sp³-hybridized carbons (Fsp3) is 0.240. The lowest BCUT2D eigenvalue weighted by Crippen LogP contribution is -2.28. The van der Waals surface area contributed by atoms with Crippen LogP contribution in [0.5, 0.6) is 0 Å². The van der Waals surface area contributed by atoms with Crippen molar-refractivity contribution in [2.24, 2.45) is 0 Å². The molecule has 0 saturated carbocycles. The van der Waals surface area contributed by atoms with Crippen LogP contribution >= 0.6 is 23.2 Å². The second kappa shape index (κ2) is 9.01. The Balaban J connectivity index is 1.58. The number of imidazole rings is 1. The minimum Gasteiger partial charge on any atom is -0.315 e. The SMILES string of the molecule is Clc1cc(Cl)c2nc(-c3ccc(-c4ccccc4)cc3)c(CN3CCCNCC3)n2c1. The summed E-state index contributed by atoms with van der Waals surface area (Å²) < 4.78 is 2.06. The van der Waals surface area contributed by atoms with Gasteiger partial charge in [-0.3, -0.25) is 9.30 Å². The zero-order valence-electron chi connectivity index (χ0n) is 17.2. The standard InChI is InChI=1S/C25H24Cl2N4/c26-21-15-22(27)25-29-24(20-9-7-19(8-10-20)18-5-2-1-3-6-18)23(31(25)16-21)17-30-13-4-11-28-12-14-30/h1-3,5-10,15-16,28H,4,11-14,17H2. The average molecular weight is 451 g/mol. The normalized spacial score (nSPS) is 15.3. The molecule has 4 aromatic rings. The number of hydrogen-bond acceptors (Lipinski definition) is 3. The lowest BCUT2D eigenvalue weighted by molar-refractivity contribution is 0.281. The molecule has 0 amide bonds. The van der Waals surface area contributed by atoms with Crippen molar-refractivity contribution in [3.05, 3.63) is 82.6 Å². The first-order valence-electron chi connectivity index (χ1n) is 10.6. The van der Waals surface area contributed by atoms with Gasteiger partial charge in [0.25, 0.3) is 0 Å². The van der Waals surface area contributed by atoms with Crippen molar-refractivity contribution in [1.82, 2.24) is 19.6 Å². The van der Waals surface area contributed by atoms with Crippen LogP contribution in [0.1, 0.15) is 12.1 Å². The molecule has 1 aliphatic heterocycles. The largest absolute Gasteiger partial charge is 0.315 e. The maximum Gasteiger partial charge on any atom is 0.156 e. The Bertz CT molecular complexity index is 1180. The smallest absolute Gasteiger partial charge is 0.156 e. The van der Waals surface area contributed by atoms with Gasteiger partial charge in [0.1, 0.15) is 0 Å². The molecule has 0 radical (unpaired) electrons. The molecule has 2 aromatic carbocycles. The summed E-state index contributed by atoms with van der Waals surface area (Å²) in [6, 6.07) is 20.8. The molecule has 2 aromatic heterocycles. The Morgan fingerprint density at radius 1 is 0.871 bits per heavy atom. The Morgan fingerprint density at radius 3 is 2.42 bits per heavy atom. The monoisotopic (exact) mass is 450 g/mol. The first kappa shape index (κ1) is 20.5. The van der Waals surface area contributed by atoms with E-state index in [9.17, 15) is 0 Å². The number of nitrogens with zero attached hydrogens (tertiary/aromatic N) is 3. The average Bonchev–Trinajstić information content (AvgIpc) is 2.96. The van der Waals surface area contributed by atoms with E-state index in [1.54, 1.807) is 6.07 Å². The van der Waals surface area contributed by atoms with Crippen LogP contribution in [-0.4, -0.2) is 40.5 Å². The van der Waals surface area contributed by atoms with Gasteiger partial charge in [0.15, 0.2) is 5.65 Å². The molecule has 0 unspecified atom stereocenters. The third-order valence-electron chi connectivity index (χ3n) is 5.81. The topological polar surface area (TPSA) is 32.6 Å². The fourth-order valence-electron chi connectivity index (χ4n) is 4.22. The molecule has 0 spiro atoms. The highest BCUT2D eigenvalue weighted by molar-refractivity contribution is 6.36. The highest BCUT2D eigenvalue weighted by Gasteiger charge is 2.20. The summed E-state index contributed by atoms with van der Waals surface area (Å²) in [7, 11) is 0. The quantitative estimate of drug-likeness (QED) is 0.428. The molecule has 1 fully saturated rings. The Labute approximate surface area is 192 Å². The van der Waals surface area contributed by atoms with Crippen LogP contribution in [-0.2, 0) is 6.54 Å². The third kappa shape index (κ3) is 4.35. The zero-order chi connectivity index (χ0) is 21.2. The van der Waals surface area contributed by atoms with Gasteiger partial charge < -0.3 is 5.32 Å². The minimum absolute atomic E-state index is 0.568. The van der Waals surface area contributed by atoms with E-state index in [-0.39, 0.29) is 0 Å². The number of hydrogen-bond donors (Lipinski definition) is 1. The van der Waals surface area contributed by atoms with E-state index in [0.717, 1.165) is 61.7 Å². The predicted octanol–water partition coefficient (Wildman–Crippen LogP) is 5.77. The zero-order valence-corrected chi connectivity index (χ0v) is 18.7. The van der Waals surface area contributed by atoms with Gasteiger partial charge in [-0.2, -0.15) is 0 Å². The first-order chi connectivity index (χ1) is 15.2. The van der Waals surface area contributed by atoms with E-state index in [2.05, 4.69) is 63.1 Å². The number of halogens is 2. The molecule has 1 saturated heterocycles. The summed E-state index contributed by atoms with van der Waals surface area (Å²) in [5.41, 5.74) is 6.30. The molecule has 0 atom stereocenters. The summed E-state index contributed by atoms with van der Waals surface area (Å²) in [4.78, 5) is 7.42. The number of pyridine rings is 1. The molecule has 158 valence electrons. The lowest BCUT2D eigenvalue weighted by atomic mass is 10.0. The Hall–Kier alpha value is -2.37. The maximum atomic E-state index is 6.52. The number of nitrogens with one attached hydrogen (secondary N) is 1. The van der Waals surface area contributed by atoms with Crippen molar-refractivity contribution >= 4 is 28.8 Å². The van der Waals surface area contributed by atoms with Crippen molar-refractivity contribution in [2.75, 3.05) is 26.2 Å². The van der Waals surface area contributed by atoms with Crippen molar-refractivity contribution in [1.29, 1.82) is 0 Å². The van der Waals surface area contributed by atoms with Gasteiger partial charge in [-0.25, -0.2) is 4.98 Å². The van der Waals surface area contributed by atoms with Gasteiger partial charge in [-0.05, 0) is 36.7 Å². The highest BCUT2D eigenvalue weighted by atomic mass is 35.5. The molecule has 1 N–H and O–H groups in total. The van der Waals surface area contributed by atoms with Crippen LogP contribution in [0, 0.1) is 0 Å². The molecule has 1 aliphatic rings. The first-order valence-corrected chi connectivity index (χ1v) is 11.4. The number of benzene rings is 2. The van der Waals surface area contributed by atoms with Gasteiger partial charge in [-0.15, -0.1) is 0 Å². The Kier molecular flexibility index (Phi) is 5.97. The fourth-order valence-corrected chi connectivity index (χ4v) is 4.74. The predicted molar refractivity (Wildman–Crippen MR) is 129 cm³/mol. The van der Waals surface area contributed by atoms with Crippen molar-refractivity contribution in [3.8, 4) is 22.4 Å². The lowest BCUT2D eigenvalue weighted by Gasteiger charge is -2.20. The summed E-state index contributed by atoms with van der Waals surface area (Å²) in [6.45, 7) is 4.93. The van der Waals surface area contributed by atoms with E-state index in [4.69, 9.17) is 28.2 Å². The molecule has 31 heavy (non-hydrogen) atoms. The summed E-state index contributed by atoms with van der Waals surface area (Å²) in [5.74, 6) is 0. The van der Waals surface area contributed by atoms with Gasteiger partial charge >= 0.3 is 0 Å². The number of aromatic nitrogens is 2. The van der Waals surface area contributed by atoms with Gasteiger partial charge in [0, 0.05) is 31.4 Å². The number of rotatable bonds is 4. The molecular weight excluding hydrogens is 427 g/mol. The minimum atomic E-state index is 0.568. The molecule has 0 aliphatic carbocycles. The molecule has 0 bridgehead atoms. The summed E-state index contributed by atoms with van der Waals surface area (Å²) in [5, 5.41) is 4.65. The molecule has 4 nitrogen and oxygen atoms in total. The van der Waals surface area contributed by atoms with Gasteiger partial charge in [0.2, 0.25) is 0 Å². The van der Waals surface area contributed by atoms with Crippen molar-refractivity contribution in [3.63, 3.8) is 0 Å². The van der Waals surface area contributed by atoms with Crippen LogP contribution in [0.25, 0.3) is 28.0 Å². The number of fused-ring (bicyclic) bond motifs is 1. The molecular formula is C25H24Cl2N4. The molecule has 6 heteroatoms. The van der Waals surface area contributed by atoms with E-state index in [1.165, 1.54) is 11.1 Å². The summed E-state index contributed by atoms with van der Waals surface area (Å²) in [6.07, 6.45) is 3.06. The third-order valence-corrected chi connectivity index (χ3v) is 6.30. The van der Waals surface area contributed by atoms with Crippen molar-refractivity contribution < 1.29 is 0 Å². The van der Waals surface area contributed by atoms with Crippen molar-refractivity contribution in [2.45, 2.75) is 13.0 Å². The van der Waals surface area contributed by atoms with Crippen LogP contribution in [0.3, 0.4) is 0 Å². The van der Waals surface area contributed by atoms with Gasteiger partial charge in [0.05, 0.1) is 21.4 Å². The molecule has 3 heterocycles. The second-order valence-corrected chi connectivity index (χ2v) is 8.77. The van der Waals surface area contributed by atoms with Gasteiger partial charge in [-0.1, -0.05) is 77.8 Å². The highest BCUT2D eigenvalue weighted by Crippen LogP contribution is 2.32. The Morgan fingerprint density at radius 2 is 1.61 bits per heavy atom. The molecule has 5 rings (SSSR count).